The molecule has 93 heavy (non-hydrogen) atoms. The molecule has 2 unspecified atom stereocenters. The van der Waals surface area contributed by atoms with Crippen LogP contribution < -0.4 is 30.1 Å². The Morgan fingerprint density at radius 2 is 0.710 bits per heavy atom. The molecule has 0 radical (unpaired) electrons. The first-order valence-corrected chi connectivity index (χ1v) is 35.2. The Kier molecular flexibility index (Phi) is 20.7. The Bertz CT molecular complexity index is 4190. The van der Waals surface area contributed by atoms with E-state index in [1.807, 2.05) is 18.2 Å². The van der Waals surface area contributed by atoms with Crippen LogP contribution >= 0.6 is 68.8 Å². The largest absolute Gasteiger partial charge is 0.325 e. The first-order chi connectivity index (χ1) is 43.9. The Labute approximate surface area is 557 Å². The van der Waals surface area contributed by atoms with Crippen LogP contribution in [0.3, 0.4) is 0 Å². The highest BCUT2D eigenvalue weighted by Gasteiger charge is 2.45. The van der Waals surface area contributed by atoms with Gasteiger partial charge in [0.15, 0.2) is 0 Å². The molecule has 9 heterocycles. The first kappa shape index (κ1) is 68.7. The molecule has 0 bridgehead atoms. The Morgan fingerprint density at radius 1 is 0.452 bits per heavy atom. The van der Waals surface area contributed by atoms with Crippen molar-refractivity contribution in [1.82, 2.24) is 71.4 Å². The third-order valence-corrected chi connectivity index (χ3v) is 23.6. The number of anilines is 3. The average molecular weight is 1450 g/mol. The van der Waals surface area contributed by atoms with Gasteiger partial charge in [-0.05, 0) is 92.1 Å². The molecule has 0 spiro atoms. The van der Waals surface area contributed by atoms with Crippen LogP contribution in [-0.2, 0) is 66.2 Å². The van der Waals surface area contributed by atoms with Crippen molar-refractivity contribution in [1.29, 1.82) is 0 Å². The van der Waals surface area contributed by atoms with Gasteiger partial charge in [-0.3, -0.25) is 28.4 Å². The molecule has 3 amide bonds. The first-order valence-electron chi connectivity index (χ1n) is 27.3. The zero-order valence-corrected chi connectivity index (χ0v) is 56.4. The van der Waals surface area contributed by atoms with Crippen molar-refractivity contribution in [3.63, 3.8) is 0 Å². The van der Waals surface area contributed by atoms with Crippen LogP contribution in [0, 0.1) is 17.5 Å². The van der Waals surface area contributed by atoms with Gasteiger partial charge in [0.05, 0.1) is 47.8 Å². The van der Waals surface area contributed by atoms with Crippen molar-refractivity contribution in [2.75, 3.05) is 37.1 Å². The Balaban J connectivity index is 0.000000153. The molecule has 6 N–H and O–H groups in total. The quantitative estimate of drug-likeness (QED) is 0.0684. The number of aryl methyl sites for hydroxylation is 3. The van der Waals surface area contributed by atoms with Crippen molar-refractivity contribution in [2.45, 2.75) is 55.5 Å². The number of carbonyl (C=O) groups excluding carboxylic acids is 3. The summed E-state index contributed by atoms with van der Waals surface area (Å²) in [6.45, 7) is 0. The van der Waals surface area contributed by atoms with Gasteiger partial charge in [0.25, 0.3) is 30.6 Å². The molecular weight excluding hydrogens is 1400 g/mol. The third kappa shape index (κ3) is 16.0. The number of nitrogens with one attached hydrogen (secondary N) is 6. The lowest BCUT2D eigenvalue weighted by atomic mass is 10.1. The summed E-state index contributed by atoms with van der Waals surface area (Å²) in [5.41, 5.74) is 2.98. The Hall–Kier alpha value is -7.14. The predicted molar refractivity (Wildman–Crippen MR) is 346 cm³/mol. The summed E-state index contributed by atoms with van der Waals surface area (Å²) < 4.78 is 132. The number of likely N-dealkylation sites (N-methyl/N-ethyl adjacent to an activating group) is 3. The van der Waals surface area contributed by atoms with E-state index in [9.17, 15) is 52.8 Å². The molecule has 0 saturated carbocycles. The lowest BCUT2D eigenvalue weighted by molar-refractivity contribution is -0.120. The van der Waals surface area contributed by atoms with Crippen LogP contribution in [0.5, 0.6) is 0 Å². The molecule has 12 rings (SSSR count). The van der Waals surface area contributed by atoms with Crippen LogP contribution in [0.1, 0.15) is 52.4 Å². The number of thiazole rings is 3. The van der Waals surface area contributed by atoms with Gasteiger partial charge in [-0.2, -0.15) is 67.6 Å². The standard InChI is InChI=1S/3C18H18ClFN6O3S2/c3*1-25-6-5-13(23-25)16-9-21-18(30-16)14-8-15(26(2)31(28,29)24-14)17(27)22-10-3-4-12(20)11(19)7-10/h3*3-7,9,14-15,24H,8H2,1-2H3,(H,22,27)/t2*14-,15+;/m10./s1. The lowest BCUT2D eigenvalue weighted by Gasteiger charge is -2.35. The van der Waals surface area contributed by atoms with Gasteiger partial charge in [0, 0.05) is 96.5 Å². The summed E-state index contributed by atoms with van der Waals surface area (Å²) in [7, 11) is -2.42. The van der Waals surface area contributed by atoms with Crippen molar-refractivity contribution in [2.24, 2.45) is 21.1 Å². The van der Waals surface area contributed by atoms with Crippen LogP contribution in [0.25, 0.3) is 31.7 Å². The van der Waals surface area contributed by atoms with E-state index in [-0.39, 0.29) is 51.4 Å². The van der Waals surface area contributed by atoms with Crippen molar-refractivity contribution in [3.8, 4) is 31.7 Å². The van der Waals surface area contributed by atoms with Crippen molar-refractivity contribution < 1.29 is 52.8 Å². The fourth-order valence-electron chi connectivity index (χ4n) is 9.56. The van der Waals surface area contributed by atoms with Crippen LogP contribution in [0.4, 0.5) is 30.2 Å². The highest BCUT2D eigenvalue weighted by Crippen LogP contribution is 2.38. The number of nitrogens with zero attached hydrogens (tertiary/aromatic N) is 12. The Morgan fingerprint density at radius 3 is 0.935 bits per heavy atom. The van der Waals surface area contributed by atoms with Gasteiger partial charge in [0.1, 0.15) is 67.7 Å². The second-order valence-corrected chi connectivity index (χ2v) is 30.7. The van der Waals surface area contributed by atoms with Crippen LogP contribution in [0.15, 0.2) is 110 Å². The number of amides is 3. The number of aromatic nitrogens is 9. The summed E-state index contributed by atoms with van der Waals surface area (Å²) in [6, 6.07) is 11.7. The smallest absolute Gasteiger partial charge is 0.280 e. The van der Waals surface area contributed by atoms with Gasteiger partial charge in [-0.15, -0.1) is 34.0 Å². The lowest BCUT2D eigenvalue weighted by Crippen LogP contribution is -2.55. The van der Waals surface area contributed by atoms with E-state index in [2.05, 4.69) is 60.4 Å². The average Bonchev–Trinajstić information content (AvgIpc) is 1.71. The van der Waals surface area contributed by atoms with E-state index in [4.69, 9.17) is 34.8 Å². The zero-order valence-electron chi connectivity index (χ0n) is 49.2. The molecule has 492 valence electrons. The van der Waals surface area contributed by atoms with Gasteiger partial charge >= 0.3 is 0 Å². The topological polar surface area (TPSA) is 328 Å². The summed E-state index contributed by atoms with van der Waals surface area (Å²) in [6.07, 6.45) is 10.8. The molecule has 6 atom stereocenters. The van der Waals surface area contributed by atoms with E-state index in [0.29, 0.717) is 15.0 Å². The highest BCUT2D eigenvalue weighted by molar-refractivity contribution is 7.87. The van der Waals surface area contributed by atoms with Crippen molar-refractivity contribution in [3.05, 3.63) is 158 Å². The minimum absolute atomic E-state index is 0.146. The maximum atomic E-state index is 13.4. The van der Waals surface area contributed by atoms with Gasteiger partial charge in [-0.1, -0.05) is 34.8 Å². The molecule has 3 aromatic carbocycles. The molecule has 3 aliphatic heterocycles. The SMILES string of the molecule is CN1C(C(=O)Nc2ccc(F)c(Cl)c2)CC(c2ncc(-c3ccn(C)n3)s2)NS1(=O)=O.CN1[C@@H](C(=O)Nc2ccc(F)c(Cl)c2)C[C@@H](c2ncc(-c3ccn(C)n3)s2)NS1(=O)=O.CN1[C@H](C(=O)Nc2ccc(F)c(Cl)c2)C[C@H](c2ncc(-c3ccn(C)n3)s2)NS1(=O)=O. The normalized spacial score (nSPS) is 21.2. The molecule has 9 aromatic rings. The number of hydrogen-bond donors (Lipinski definition) is 6. The molecule has 3 fully saturated rings. The van der Waals surface area contributed by atoms with E-state index < -0.39 is 102 Å². The highest BCUT2D eigenvalue weighted by atomic mass is 35.5. The molecule has 0 aliphatic carbocycles. The number of carbonyl (C=O) groups is 3. The fraction of sp³-hybridized carbons (Fsp3) is 0.278. The zero-order chi connectivity index (χ0) is 67.0. The number of halogens is 6. The monoisotopic (exact) mass is 1450 g/mol. The van der Waals surface area contributed by atoms with E-state index in [1.54, 1.807) is 72.4 Å². The van der Waals surface area contributed by atoms with Crippen LogP contribution in [-0.4, -0.2) is 139 Å². The van der Waals surface area contributed by atoms with E-state index in [1.165, 1.54) is 91.6 Å². The summed E-state index contributed by atoms with van der Waals surface area (Å²) in [4.78, 5) is 54.0. The van der Waals surface area contributed by atoms with Gasteiger partial charge in [-0.25, -0.2) is 28.1 Å². The predicted octanol–water partition coefficient (Wildman–Crippen LogP) is 7.66. The number of benzene rings is 3. The second kappa shape index (κ2) is 28.1. The maximum absolute atomic E-state index is 13.4. The molecule has 3 saturated heterocycles. The number of hydrogen-bond acceptors (Lipinski definition) is 18. The van der Waals surface area contributed by atoms with Crippen LogP contribution in [0.2, 0.25) is 15.1 Å². The van der Waals surface area contributed by atoms with E-state index in [0.717, 1.165) is 62.8 Å². The molecule has 39 heteroatoms. The fourth-order valence-corrected chi connectivity index (χ4v) is 16.9. The molecular formula is C54H54Cl3F3N18O9S6. The van der Waals surface area contributed by atoms with Gasteiger partial charge < -0.3 is 16.0 Å². The summed E-state index contributed by atoms with van der Waals surface area (Å²) in [5, 5.41) is 21.9. The molecule has 6 aromatic heterocycles. The van der Waals surface area contributed by atoms with Crippen molar-refractivity contribution >= 4 is 134 Å². The summed E-state index contributed by atoms with van der Waals surface area (Å²) >= 11 is 21.2. The summed E-state index contributed by atoms with van der Waals surface area (Å²) in [5.74, 6) is -3.51. The third-order valence-electron chi connectivity index (χ3n) is 14.5. The van der Waals surface area contributed by atoms with Gasteiger partial charge in [0.2, 0.25) is 17.7 Å². The second-order valence-electron chi connectivity index (χ2n) is 21.0. The minimum Gasteiger partial charge on any atom is -0.325 e. The maximum Gasteiger partial charge on any atom is 0.280 e. The number of rotatable bonds is 12. The molecule has 27 nitrogen and oxygen atoms in total. The van der Waals surface area contributed by atoms with E-state index >= 15 is 0 Å². The molecule has 3 aliphatic rings. The minimum atomic E-state index is -3.93.